The Kier molecular flexibility index (Phi) is 4.57. The zero-order valence-corrected chi connectivity index (χ0v) is 13.7. The predicted octanol–water partition coefficient (Wildman–Crippen LogP) is 2.20. The number of nitrogens with two attached hydrogens (primary N) is 1. The van der Waals surface area contributed by atoms with E-state index in [0.717, 1.165) is 42.9 Å². The van der Waals surface area contributed by atoms with E-state index in [1.165, 1.54) is 0 Å². The highest BCUT2D eigenvalue weighted by Gasteiger charge is 2.31. The van der Waals surface area contributed by atoms with E-state index in [1.54, 1.807) is 7.11 Å². The maximum Gasteiger partial charge on any atom is 0.253 e. The summed E-state index contributed by atoms with van der Waals surface area (Å²) < 4.78 is 11.0. The van der Waals surface area contributed by atoms with Crippen molar-refractivity contribution in [1.29, 1.82) is 0 Å². The number of benzene rings is 1. The summed E-state index contributed by atoms with van der Waals surface area (Å²) in [6, 6.07) is 5.72. The van der Waals surface area contributed by atoms with Crippen LogP contribution in [0, 0.1) is 0 Å². The maximum atomic E-state index is 12.9. The zero-order chi connectivity index (χ0) is 16.4. The van der Waals surface area contributed by atoms with Gasteiger partial charge < -0.3 is 20.1 Å². The van der Waals surface area contributed by atoms with Gasteiger partial charge in [0, 0.05) is 24.2 Å². The predicted molar refractivity (Wildman–Crippen MR) is 89.5 cm³/mol. The molecule has 1 aromatic rings. The summed E-state index contributed by atoms with van der Waals surface area (Å²) >= 11 is 0. The second-order valence-corrected chi connectivity index (χ2v) is 6.28. The monoisotopic (exact) mass is 316 g/mol. The molecular weight excluding hydrogens is 292 g/mol. The summed E-state index contributed by atoms with van der Waals surface area (Å²) in [5, 5.41) is 0. The van der Waals surface area contributed by atoms with Crippen molar-refractivity contribution in [3.8, 4) is 11.5 Å². The topological polar surface area (TPSA) is 64.8 Å². The van der Waals surface area contributed by atoms with Crippen LogP contribution in [0.4, 0.5) is 0 Å². The van der Waals surface area contributed by atoms with Gasteiger partial charge in [-0.3, -0.25) is 4.79 Å². The summed E-state index contributed by atoms with van der Waals surface area (Å²) in [5.74, 6) is 1.58. The molecule has 23 heavy (non-hydrogen) atoms. The fourth-order valence-corrected chi connectivity index (χ4v) is 3.35. The van der Waals surface area contributed by atoms with Crippen molar-refractivity contribution in [2.24, 2.45) is 5.73 Å². The van der Waals surface area contributed by atoms with Crippen molar-refractivity contribution in [3.05, 3.63) is 29.3 Å². The van der Waals surface area contributed by atoms with Crippen LogP contribution in [0.5, 0.6) is 11.5 Å². The van der Waals surface area contributed by atoms with Crippen LogP contribution in [0.25, 0.3) is 6.08 Å². The summed E-state index contributed by atoms with van der Waals surface area (Å²) in [6.07, 6.45) is 5.05. The van der Waals surface area contributed by atoms with Crippen molar-refractivity contribution in [2.75, 3.05) is 20.3 Å². The minimum absolute atomic E-state index is 0.0169. The van der Waals surface area contributed by atoms with Crippen LogP contribution in [0.3, 0.4) is 0 Å². The first-order valence-corrected chi connectivity index (χ1v) is 8.18. The molecule has 5 heteroatoms. The van der Waals surface area contributed by atoms with Gasteiger partial charge in [-0.15, -0.1) is 0 Å². The van der Waals surface area contributed by atoms with Gasteiger partial charge in [-0.05, 0) is 50.5 Å². The van der Waals surface area contributed by atoms with Crippen LogP contribution in [0.1, 0.15) is 31.7 Å². The van der Waals surface area contributed by atoms with Crippen molar-refractivity contribution in [1.82, 2.24) is 4.90 Å². The Morgan fingerprint density at radius 2 is 2.26 bits per heavy atom. The van der Waals surface area contributed by atoms with Crippen LogP contribution in [0.15, 0.2) is 23.8 Å². The van der Waals surface area contributed by atoms with Crippen LogP contribution in [-0.2, 0) is 4.79 Å². The molecule has 124 valence electrons. The molecule has 2 N–H and O–H groups in total. The van der Waals surface area contributed by atoms with Gasteiger partial charge in [-0.25, -0.2) is 0 Å². The Morgan fingerprint density at radius 1 is 1.43 bits per heavy atom. The summed E-state index contributed by atoms with van der Waals surface area (Å²) in [5.41, 5.74) is 7.64. The first-order chi connectivity index (χ1) is 11.1. The molecule has 1 aromatic carbocycles. The molecule has 0 radical (unpaired) electrons. The van der Waals surface area contributed by atoms with Crippen LogP contribution >= 0.6 is 0 Å². The normalized spacial score (nSPS) is 21.8. The minimum Gasteiger partial charge on any atom is -0.497 e. The van der Waals surface area contributed by atoms with E-state index in [9.17, 15) is 4.79 Å². The number of rotatable bonds is 3. The third kappa shape index (κ3) is 3.20. The van der Waals surface area contributed by atoms with Gasteiger partial charge in [-0.2, -0.15) is 0 Å². The van der Waals surface area contributed by atoms with Crippen LogP contribution in [-0.4, -0.2) is 43.2 Å². The lowest BCUT2D eigenvalue weighted by Gasteiger charge is -2.38. The molecular formula is C18H24N2O3. The zero-order valence-electron chi connectivity index (χ0n) is 13.7. The number of carbonyl (C=O) groups is 1. The number of hydrogen-bond acceptors (Lipinski definition) is 4. The SMILES string of the molecule is COc1ccc2c(c1)C=C(C(=O)N1CCCC[C@H]1[C@@H](C)N)CO2. The molecule has 5 nitrogen and oxygen atoms in total. The number of methoxy groups -OCH3 is 1. The molecule has 0 saturated carbocycles. The van der Waals surface area contributed by atoms with Crippen molar-refractivity contribution in [3.63, 3.8) is 0 Å². The van der Waals surface area contributed by atoms with E-state index in [0.29, 0.717) is 12.2 Å². The lowest BCUT2D eigenvalue weighted by atomic mass is 9.95. The van der Waals surface area contributed by atoms with E-state index >= 15 is 0 Å². The first kappa shape index (κ1) is 15.9. The standard InChI is InChI=1S/C18H24N2O3/c1-12(19)16-5-3-4-8-20(16)18(21)14-9-13-10-15(22-2)6-7-17(13)23-11-14/h6-7,9-10,12,16H,3-5,8,11,19H2,1-2H3/t12-,16+/m1/s1. The highest BCUT2D eigenvalue weighted by atomic mass is 16.5. The van der Waals surface area contributed by atoms with E-state index in [1.807, 2.05) is 36.1 Å². The minimum atomic E-state index is -0.0169. The summed E-state index contributed by atoms with van der Waals surface area (Å²) in [6.45, 7) is 3.05. The highest BCUT2D eigenvalue weighted by molar-refractivity contribution is 5.99. The molecule has 0 spiro atoms. The van der Waals surface area contributed by atoms with E-state index in [-0.39, 0.29) is 18.0 Å². The maximum absolute atomic E-state index is 12.9. The lowest BCUT2D eigenvalue weighted by Crippen LogP contribution is -2.52. The number of hydrogen-bond donors (Lipinski definition) is 1. The molecule has 0 aromatic heterocycles. The Labute approximate surface area is 137 Å². The summed E-state index contributed by atoms with van der Waals surface area (Å²) in [7, 11) is 1.63. The Morgan fingerprint density at radius 3 is 3.00 bits per heavy atom. The molecule has 1 fully saturated rings. The molecule has 3 rings (SSSR count). The first-order valence-electron chi connectivity index (χ1n) is 8.18. The number of fused-ring (bicyclic) bond motifs is 1. The average molecular weight is 316 g/mol. The van der Waals surface area contributed by atoms with E-state index in [4.69, 9.17) is 15.2 Å². The molecule has 2 aliphatic rings. The molecule has 0 bridgehead atoms. The Bertz CT molecular complexity index is 625. The Hall–Kier alpha value is -2.01. The van der Waals surface area contributed by atoms with Gasteiger partial charge in [-0.1, -0.05) is 0 Å². The lowest BCUT2D eigenvalue weighted by molar-refractivity contribution is -0.131. The fourth-order valence-electron chi connectivity index (χ4n) is 3.35. The fraction of sp³-hybridized carbons (Fsp3) is 0.500. The van der Waals surface area contributed by atoms with Crippen LogP contribution in [0.2, 0.25) is 0 Å². The number of amides is 1. The largest absolute Gasteiger partial charge is 0.497 e. The molecule has 2 atom stereocenters. The van der Waals surface area contributed by atoms with E-state index in [2.05, 4.69) is 0 Å². The number of carbonyl (C=O) groups excluding carboxylic acids is 1. The van der Waals surface area contributed by atoms with Gasteiger partial charge >= 0.3 is 0 Å². The summed E-state index contributed by atoms with van der Waals surface area (Å²) in [4.78, 5) is 14.8. The average Bonchev–Trinajstić information content (AvgIpc) is 2.60. The number of likely N-dealkylation sites (tertiary alicyclic amines) is 1. The molecule has 2 heterocycles. The van der Waals surface area contributed by atoms with Crippen molar-refractivity contribution >= 4 is 12.0 Å². The van der Waals surface area contributed by atoms with E-state index < -0.39 is 0 Å². The highest BCUT2D eigenvalue weighted by Crippen LogP contribution is 2.31. The van der Waals surface area contributed by atoms with Gasteiger partial charge in [0.25, 0.3) is 5.91 Å². The van der Waals surface area contributed by atoms with Gasteiger partial charge in [0.1, 0.15) is 18.1 Å². The van der Waals surface area contributed by atoms with Gasteiger partial charge in [0.2, 0.25) is 0 Å². The van der Waals surface area contributed by atoms with Gasteiger partial charge in [0.15, 0.2) is 0 Å². The quantitative estimate of drug-likeness (QED) is 0.928. The Balaban J connectivity index is 1.85. The number of piperidine rings is 1. The molecule has 1 saturated heterocycles. The van der Waals surface area contributed by atoms with Gasteiger partial charge in [0.05, 0.1) is 12.7 Å². The number of ether oxygens (including phenoxy) is 2. The van der Waals surface area contributed by atoms with Crippen molar-refractivity contribution < 1.29 is 14.3 Å². The molecule has 2 aliphatic heterocycles. The third-order valence-corrected chi connectivity index (χ3v) is 4.62. The second-order valence-electron chi connectivity index (χ2n) is 6.28. The smallest absolute Gasteiger partial charge is 0.253 e. The molecule has 0 unspecified atom stereocenters. The van der Waals surface area contributed by atoms with Crippen molar-refractivity contribution in [2.45, 2.75) is 38.3 Å². The number of nitrogens with zero attached hydrogens (tertiary/aromatic N) is 1. The molecule has 0 aliphatic carbocycles. The third-order valence-electron chi connectivity index (χ3n) is 4.62. The molecule has 1 amide bonds. The second kappa shape index (κ2) is 6.62. The van der Waals surface area contributed by atoms with Crippen LogP contribution < -0.4 is 15.2 Å².